The number of hydrogen-bond donors (Lipinski definition) is 0. The molecule has 0 unspecified atom stereocenters. The molecule has 0 aliphatic carbocycles. The van der Waals surface area contributed by atoms with Gasteiger partial charge in [0.05, 0.1) is 19.6 Å². The van der Waals surface area contributed by atoms with E-state index in [1.54, 1.807) is 18.2 Å². The summed E-state index contributed by atoms with van der Waals surface area (Å²) in [6, 6.07) is 6.37. The van der Waals surface area contributed by atoms with Crippen molar-refractivity contribution in [2.75, 3.05) is 6.61 Å². The quantitative estimate of drug-likeness (QED) is 0.715. The normalized spacial score (nSPS) is 16.4. The predicted molar refractivity (Wildman–Crippen MR) is 47.5 cm³/mol. The first-order valence-electron chi connectivity index (χ1n) is 4.44. The second-order valence-corrected chi connectivity index (χ2v) is 3.10. The van der Waals surface area contributed by atoms with Crippen LogP contribution in [0.2, 0.25) is 0 Å². The zero-order valence-electron chi connectivity index (χ0n) is 7.57. The number of carbonyl (C=O) groups excluding carboxylic acids is 1. The lowest BCUT2D eigenvalue weighted by Gasteiger charge is -2.13. The van der Waals surface area contributed by atoms with Crippen LogP contribution in [-0.2, 0) is 16.2 Å². The summed E-state index contributed by atoms with van der Waals surface area (Å²) in [5.74, 6) is -0.399. The molecule has 3 nitrogen and oxygen atoms in total. The molecule has 0 radical (unpaired) electrons. The minimum atomic E-state index is -0.309. The molecule has 0 bridgehead atoms. The lowest BCUT2D eigenvalue weighted by Crippen LogP contribution is -2.23. The van der Waals surface area contributed by atoms with Crippen molar-refractivity contribution < 1.29 is 14.0 Å². The maximum Gasteiger partial charge on any atom is 0.248 e. The Morgan fingerprint density at radius 1 is 1.43 bits per heavy atom. The topological polar surface area (TPSA) is 29.5 Å². The van der Waals surface area contributed by atoms with Crippen molar-refractivity contribution in [3.05, 3.63) is 35.6 Å². The molecule has 1 saturated heterocycles. The maximum absolute atomic E-state index is 13.2. The monoisotopic (exact) mass is 195 g/mol. The molecule has 1 fully saturated rings. The number of amides is 1. The van der Waals surface area contributed by atoms with Gasteiger partial charge in [-0.1, -0.05) is 18.2 Å². The van der Waals surface area contributed by atoms with Crippen molar-refractivity contribution in [2.45, 2.75) is 13.0 Å². The van der Waals surface area contributed by atoms with Crippen LogP contribution in [0.25, 0.3) is 0 Å². The molecule has 0 aromatic heterocycles. The Bertz CT molecular complexity index is 354. The summed E-state index contributed by atoms with van der Waals surface area (Å²) >= 11 is 0. The Morgan fingerprint density at radius 2 is 2.21 bits per heavy atom. The summed E-state index contributed by atoms with van der Waals surface area (Å²) in [4.78, 5) is 16.2. The minimum Gasteiger partial charge on any atom is -0.272 e. The molecule has 1 aliphatic rings. The molecular formula is C10H10FNO2. The summed E-state index contributed by atoms with van der Waals surface area (Å²) in [5.41, 5.74) is 0.475. The molecule has 1 aliphatic heterocycles. The molecule has 1 aromatic rings. The Hall–Kier alpha value is -1.42. The molecule has 0 spiro atoms. The highest BCUT2D eigenvalue weighted by Crippen LogP contribution is 2.14. The second-order valence-electron chi connectivity index (χ2n) is 3.10. The van der Waals surface area contributed by atoms with Gasteiger partial charge in [0.1, 0.15) is 5.82 Å². The lowest BCUT2D eigenvalue weighted by molar-refractivity contribution is -0.164. The van der Waals surface area contributed by atoms with Crippen LogP contribution in [0.1, 0.15) is 12.0 Å². The van der Waals surface area contributed by atoms with E-state index >= 15 is 0 Å². The van der Waals surface area contributed by atoms with Crippen molar-refractivity contribution in [1.82, 2.24) is 5.06 Å². The van der Waals surface area contributed by atoms with Crippen molar-refractivity contribution >= 4 is 5.91 Å². The van der Waals surface area contributed by atoms with Gasteiger partial charge in [0.15, 0.2) is 0 Å². The summed E-state index contributed by atoms with van der Waals surface area (Å²) in [5, 5.41) is 1.21. The molecule has 2 rings (SSSR count). The van der Waals surface area contributed by atoms with Crippen LogP contribution >= 0.6 is 0 Å². The highest BCUT2D eigenvalue weighted by atomic mass is 19.1. The fourth-order valence-corrected chi connectivity index (χ4v) is 1.36. The van der Waals surface area contributed by atoms with Gasteiger partial charge in [0, 0.05) is 5.56 Å². The van der Waals surface area contributed by atoms with Crippen molar-refractivity contribution in [3.8, 4) is 0 Å². The molecule has 1 amide bonds. The van der Waals surface area contributed by atoms with Gasteiger partial charge < -0.3 is 0 Å². The van der Waals surface area contributed by atoms with Crippen LogP contribution in [0.15, 0.2) is 24.3 Å². The molecule has 1 heterocycles. The van der Waals surface area contributed by atoms with E-state index in [2.05, 4.69) is 0 Å². The molecule has 14 heavy (non-hydrogen) atoms. The molecule has 1 aromatic carbocycles. The molecule has 4 heteroatoms. The fourth-order valence-electron chi connectivity index (χ4n) is 1.36. The molecular weight excluding hydrogens is 185 g/mol. The van der Waals surface area contributed by atoms with E-state index in [1.165, 1.54) is 11.1 Å². The van der Waals surface area contributed by atoms with E-state index in [4.69, 9.17) is 4.84 Å². The van der Waals surface area contributed by atoms with Gasteiger partial charge >= 0.3 is 0 Å². The lowest BCUT2D eigenvalue weighted by atomic mass is 10.2. The standard InChI is InChI=1S/C10H10FNO2/c11-9-4-2-1-3-8(9)7-12-10(13)5-6-14-12/h1-4H,5-7H2. The van der Waals surface area contributed by atoms with Crippen molar-refractivity contribution in [2.24, 2.45) is 0 Å². The van der Waals surface area contributed by atoms with Crippen LogP contribution in [0.3, 0.4) is 0 Å². The van der Waals surface area contributed by atoms with Crippen molar-refractivity contribution in [3.63, 3.8) is 0 Å². The van der Waals surface area contributed by atoms with Gasteiger partial charge in [-0.05, 0) is 6.07 Å². The van der Waals surface area contributed by atoms with Gasteiger partial charge in [0.25, 0.3) is 0 Å². The summed E-state index contributed by atoms with van der Waals surface area (Å²) < 4.78 is 13.2. The smallest absolute Gasteiger partial charge is 0.248 e. The average molecular weight is 195 g/mol. The predicted octanol–water partition coefficient (Wildman–Crippen LogP) is 1.49. The maximum atomic E-state index is 13.2. The fraction of sp³-hybridized carbons (Fsp3) is 0.300. The van der Waals surface area contributed by atoms with E-state index in [0.717, 1.165) is 0 Å². The number of halogens is 1. The summed E-state index contributed by atoms with van der Waals surface area (Å²) in [6.45, 7) is 0.582. The Kier molecular flexibility index (Phi) is 2.45. The first kappa shape index (κ1) is 9.15. The zero-order valence-corrected chi connectivity index (χ0v) is 7.57. The third kappa shape index (κ3) is 1.75. The van der Waals surface area contributed by atoms with Gasteiger partial charge in [-0.2, -0.15) is 0 Å². The van der Waals surface area contributed by atoms with E-state index in [0.29, 0.717) is 18.6 Å². The van der Waals surface area contributed by atoms with E-state index in [-0.39, 0.29) is 18.3 Å². The van der Waals surface area contributed by atoms with E-state index in [1.807, 2.05) is 0 Å². The largest absolute Gasteiger partial charge is 0.272 e. The Balaban J connectivity index is 2.10. The number of rotatable bonds is 2. The van der Waals surface area contributed by atoms with Crippen molar-refractivity contribution in [1.29, 1.82) is 0 Å². The summed E-state index contributed by atoms with van der Waals surface area (Å²) in [7, 11) is 0. The number of hydrogen-bond acceptors (Lipinski definition) is 2. The van der Waals surface area contributed by atoms with Gasteiger partial charge in [-0.3, -0.25) is 9.63 Å². The summed E-state index contributed by atoms with van der Waals surface area (Å²) in [6.07, 6.45) is 0.383. The van der Waals surface area contributed by atoms with Gasteiger partial charge in [-0.15, -0.1) is 0 Å². The number of nitrogens with zero attached hydrogens (tertiary/aromatic N) is 1. The average Bonchev–Trinajstić information content (AvgIpc) is 2.56. The molecule has 0 N–H and O–H groups in total. The Morgan fingerprint density at radius 3 is 2.86 bits per heavy atom. The van der Waals surface area contributed by atoms with E-state index < -0.39 is 0 Å². The van der Waals surface area contributed by atoms with Crippen LogP contribution in [0, 0.1) is 5.82 Å². The van der Waals surface area contributed by atoms with Crippen LogP contribution in [0.4, 0.5) is 4.39 Å². The third-order valence-electron chi connectivity index (χ3n) is 2.11. The van der Waals surface area contributed by atoms with E-state index in [9.17, 15) is 9.18 Å². The molecule has 0 atom stereocenters. The van der Waals surface area contributed by atoms with Crippen LogP contribution in [0.5, 0.6) is 0 Å². The first-order chi connectivity index (χ1) is 6.77. The zero-order chi connectivity index (χ0) is 9.97. The second kappa shape index (κ2) is 3.75. The molecule has 74 valence electrons. The third-order valence-corrected chi connectivity index (χ3v) is 2.11. The van der Waals surface area contributed by atoms with Gasteiger partial charge in [-0.25, -0.2) is 9.45 Å². The highest BCUT2D eigenvalue weighted by molar-refractivity contribution is 5.76. The SMILES string of the molecule is O=C1CCON1Cc1ccccc1F. The highest BCUT2D eigenvalue weighted by Gasteiger charge is 2.22. The van der Waals surface area contributed by atoms with Crippen LogP contribution < -0.4 is 0 Å². The van der Waals surface area contributed by atoms with Crippen LogP contribution in [-0.4, -0.2) is 17.6 Å². The molecule has 0 saturated carbocycles. The van der Waals surface area contributed by atoms with Gasteiger partial charge in [0.2, 0.25) is 5.91 Å². The Labute approximate surface area is 81.0 Å². The number of hydroxylamine groups is 2. The first-order valence-corrected chi connectivity index (χ1v) is 4.44. The minimum absolute atomic E-state index is 0.0896. The number of carbonyl (C=O) groups is 1. The number of benzene rings is 1.